The number of amides is 4. The molecular weight excluding hydrogens is 558 g/mol. The summed E-state index contributed by atoms with van der Waals surface area (Å²) in [5.74, 6) is -0.640. The molecule has 0 saturated heterocycles. The summed E-state index contributed by atoms with van der Waals surface area (Å²) in [5, 5.41) is 10.7. The number of anilines is 2. The largest absolute Gasteiger partial charge is 0.390 e. The molecule has 0 spiro atoms. The highest BCUT2D eigenvalue weighted by molar-refractivity contribution is 7.95. The SMILES string of the molecule is CCSOC(=O)[C@H](Cc1ccccc1)NC(=O)Nc1cc(NC(=O)N[C@@H](Cc2ccccc2)C(=O)ONC)ccc1C. The van der Waals surface area contributed by atoms with Gasteiger partial charge in [0.1, 0.15) is 12.1 Å². The van der Waals surface area contributed by atoms with Crippen LogP contribution in [0.25, 0.3) is 0 Å². The molecule has 4 amide bonds. The Morgan fingerprint density at radius 3 is 1.86 bits per heavy atom. The number of aryl methyl sites for hydroxylation is 1. The molecule has 0 aliphatic rings. The highest BCUT2D eigenvalue weighted by Crippen LogP contribution is 2.21. The third kappa shape index (κ3) is 10.5. The van der Waals surface area contributed by atoms with Crippen LogP contribution >= 0.6 is 12.0 Å². The molecule has 3 aromatic carbocycles. The van der Waals surface area contributed by atoms with Crippen molar-refractivity contribution in [2.24, 2.45) is 0 Å². The Bertz CT molecular complexity index is 1340. The Morgan fingerprint density at radius 1 is 0.762 bits per heavy atom. The lowest BCUT2D eigenvalue weighted by Gasteiger charge is -2.19. The van der Waals surface area contributed by atoms with Gasteiger partial charge in [0.05, 0.1) is 12.0 Å². The van der Waals surface area contributed by atoms with Crippen LogP contribution in [-0.4, -0.2) is 48.9 Å². The van der Waals surface area contributed by atoms with Gasteiger partial charge in [0.2, 0.25) is 0 Å². The predicted molar refractivity (Wildman–Crippen MR) is 163 cm³/mol. The number of hydroxylamine groups is 1. The van der Waals surface area contributed by atoms with Crippen LogP contribution in [0.1, 0.15) is 23.6 Å². The minimum absolute atomic E-state index is 0.221. The third-order valence-electron chi connectivity index (χ3n) is 5.95. The molecule has 0 aliphatic heterocycles. The quantitative estimate of drug-likeness (QED) is 0.145. The number of hydrogen-bond acceptors (Lipinski definition) is 8. The van der Waals surface area contributed by atoms with Crippen LogP contribution in [0.15, 0.2) is 78.9 Å². The van der Waals surface area contributed by atoms with Crippen LogP contribution in [0, 0.1) is 6.92 Å². The van der Waals surface area contributed by atoms with Gasteiger partial charge >= 0.3 is 24.0 Å². The fraction of sp³-hybridized carbons (Fsp3) is 0.267. The molecule has 0 radical (unpaired) electrons. The van der Waals surface area contributed by atoms with Gasteiger partial charge in [0.25, 0.3) is 0 Å². The lowest BCUT2D eigenvalue weighted by Crippen LogP contribution is -2.46. The van der Waals surface area contributed by atoms with Crippen LogP contribution in [-0.2, 0) is 31.5 Å². The molecule has 5 N–H and O–H groups in total. The topological polar surface area (TPSA) is 147 Å². The van der Waals surface area contributed by atoms with E-state index in [9.17, 15) is 19.2 Å². The molecule has 0 bridgehead atoms. The summed E-state index contributed by atoms with van der Waals surface area (Å²) in [6.45, 7) is 3.64. The van der Waals surface area contributed by atoms with Crippen LogP contribution in [0.3, 0.4) is 0 Å². The number of benzene rings is 3. The predicted octanol–water partition coefficient (Wildman–Crippen LogP) is 4.35. The van der Waals surface area contributed by atoms with E-state index >= 15 is 0 Å². The molecule has 0 saturated carbocycles. The normalized spacial score (nSPS) is 11.9. The van der Waals surface area contributed by atoms with Crippen molar-refractivity contribution in [2.75, 3.05) is 23.4 Å². The van der Waals surface area contributed by atoms with E-state index in [4.69, 9.17) is 9.02 Å². The Balaban J connectivity index is 1.66. The maximum atomic E-state index is 12.9. The summed E-state index contributed by atoms with van der Waals surface area (Å²) in [6, 6.07) is 20.3. The molecule has 0 unspecified atom stereocenters. The Kier molecular flexibility index (Phi) is 12.7. The number of rotatable bonds is 13. The Hall–Kier alpha value is -4.55. The van der Waals surface area contributed by atoms with Gasteiger partial charge in [-0.25, -0.2) is 19.2 Å². The van der Waals surface area contributed by atoms with E-state index in [-0.39, 0.29) is 12.8 Å². The van der Waals surface area contributed by atoms with Crippen molar-refractivity contribution in [2.45, 2.75) is 38.8 Å². The first-order chi connectivity index (χ1) is 20.3. The summed E-state index contributed by atoms with van der Waals surface area (Å²) in [4.78, 5) is 55.8. The van der Waals surface area contributed by atoms with Crippen molar-refractivity contribution in [3.63, 3.8) is 0 Å². The van der Waals surface area contributed by atoms with Gasteiger partial charge in [-0.05, 0) is 35.7 Å². The zero-order chi connectivity index (χ0) is 30.3. The summed E-state index contributed by atoms with van der Waals surface area (Å²) >= 11 is 1.01. The molecule has 0 aromatic heterocycles. The van der Waals surface area contributed by atoms with Gasteiger partial charge in [0.15, 0.2) is 0 Å². The van der Waals surface area contributed by atoms with Gasteiger partial charge in [-0.2, -0.15) is 5.48 Å². The maximum Gasteiger partial charge on any atom is 0.347 e. The monoisotopic (exact) mass is 593 g/mol. The molecular formula is C30H35N5O6S. The first-order valence-corrected chi connectivity index (χ1v) is 14.2. The van der Waals surface area contributed by atoms with E-state index in [0.29, 0.717) is 17.1 Å². The van der Waals surface area contributed by atoms with Crippen molar-refractivity contribution in [1.82, 2.24) is 16.1 Å². The molecule has 0 fully saturated rings. The molecule has 0 heterocycles. The number of urea groups is 2. The van der Waals surface area contributed by atoms with E-state index in [1.165, 1.54) is 7.05 Å². The van der Waals surface area contributed by atoms with E-state index in [1.807, 2.05) is 67.6 Å². The van der Waals surface area contributed by atoms with Crippen molar-refractivity contribution in [3.05, 3.63) is 95.6 Å². The summed E-state index contributed by atoms with van der Waals surface area (Å²) in [5.41, 5.74) is 5.54. The minimum atomic E-state index is -0.958. The highest BCUT2D eigenvalue weighted by Gasteiger charge is 2.25. The number of carbonyl (C=O) groups is 4. The van der Waals surface area contributed by atoms with E-state index in [2.05, 4.69) is 26.7 Å². The maximum absolute atomic E-state index is 12.9. The second kappa shape index (κ2) is 16.7. The third-order valence-corrected chi connectivity index (χ3v) is 6.47. The van der Waals surface area contributed by atoms with E-state index < -0.39 is 36.1 Å². The molecule has 3 rings (SSSR count). The van der Waals surface area contributed by atoms with Gasteiger partial charge in [-0.15, -0.1) is 0 Å². The molecule has 3 aromatic rings. The van der Waals surface area contributed by atoms with E-state index in [0.717, 1.165) is 28.7 Å². The average molecular weight is 594 g/mol. The number of hydrogen-bond donors (Lipinski definition) is 5. The zero-order valence-corrected chi connectivity index (χ0v) is 24.5. The number of nitrogens with one attached hydrogen (secondary N) is 5. The first kappa shape index (κ1) is 32.0. The van der Waals surface area contributed by atoms with Crippen molar-refractivity contribution >= 4 is 47.4 Å². The van der Waals surface area contributed by atoms with Gasteiger partial charge in [-0.1, -0.05) is 73.7 Å². The minimum Gasteiger partial charge on any atom is -0.390 e. The molecule has 2 atom stereocenters. The van der Waals surface area contributed by atoms with Crippen LogP contribution in [0.5, 0.6) is 0 Å². The highest BCUT2D eigenvalue weighted by atomic mass is 32.2. The molecule has 222 valence electrons. The Labute approximate surface area is 249 Å². The van der Waals surface area contributed by atoms with Crippen molar-refractivity contribution in [3.8, 4) is 0 Å². The van der Waals surface area contributed by atoms with Crippen molar-refractivity contribution < 1.29 is 28.2 Å². The fourth-order valence-electron chi connectivity index (χ4n) is 3.91. The van der Waals surface area contributed by atoms with Crippen LogP contribution in [0.4, 0.5) is 21.0 Å². The summed E-state index contributed by atoms with van der Waals surface area (Å²) in [7, 11) is 1.45. The lowest BCUT2D eigenvalue weighted by molar-refractivity contribution is -0.152. The number of carbonyl (C=O) groups excluding carboxylic acids is 4. The molecule has 12 heteroatoms. The van der Waals surface area contributed by atoms with Crippen molar-refractivity contribution in [1.29, 1.82) is 0 Å². The van der Waals surface area contributed by atoms with Gasteiger partial charge < -0.3 is 30.3 Å². The summed E-state index contributed by atoms with van der Waals surface area (Å²) < 4.78 is 5.21. The van der Waals surface area contributed by atoms with Gasteiger partial charge in [0, 0.05) is 37.0 Å². The van der Waals surface area contributed by atoms with Gasteiger partial charge in [-0.3, -0.25) is 0 Å². The van der Waals surface area contributed by atoms with E-state index in [1.54, 1.807) is 25.1 Å². The first-order valence-electron chi connectivity index (χ1n) is 13.3. The summed E-state index contributed by atoms with van der Waals surface area (Å²) in [6.07, 6.45) is 0.469. The second-order valence-electron chi connectivity index (χ2n) is 9.15. The average Bonchev–Trinajstić information content (AvgIpc) is 2.98. The standard InChI is InChI=1S/C30H35N5O6S/c1-4-42-41-28(37)26(18-22-13-9-6-10-14-22)35-30(39)33-24-19-23(16-15-20(24)2)32-29(38)34-25(27(36)40-31-3)17-21-11-7-5-8-12-21/h5-16,19,25-26,31H,4,17-18H2,1-3H3,(H2,32,34,38)(H2,33,35,39)/t25-,26-/m0/s1. The molecule has 11 nitrogen and oxygen atoms in total. The smallest absolute Gasteiger partial charge is 0.347 e. The van der Waals surface area contributed by atoms with Crippen LogP contribution < -0.4 is 26.7 Å². The van der Waals surface area contributed by atoms with Crippen LogP contribution in [0.2, 0.25) is 0 Å². The molecule has 0 aliphatic carbocycles. The molecule has 42 heavy (non-hydrogen) atoms. The lowest BCUT2D eigenvalue weighted by atomic mass is 10.1. The Morgan fingerprint density at radius 2 is 1.31 bits per heavy atom. The zero-order valence-electron chi connectivity index (χ0n) is 23.6. The fourth-order valence-corrected chi connectivity index (χ4v) is 4.26. The second-order valence-corrected chi connectivity index (χ2v) is 10.1.